The van der Waals surface area contributed by atoms with E-state index in [0.29, 0.717) is 36.9 Å². The predicted octanol–water partition coefficient (Wildman–Crippen LogP) is 0.498. The Morgan fingerprint density at radius 1 is 1.32 bits per heavy atom. The van der Waals surface area contributed by atoms with E-state index in [1.807, 2.05) is 0 Å². The number of aliphatic carboxylic acids is 1. The average Bonchev–Trinajstić information content (AvgIpc) is 3.19. The average molecular weight is 453 g/mol. The maximum Gasteiger partial charge on any atom is 0.305 e. The molecule has 10 nitrogen and oxygen atoms in total. The number of nitrogens with one attached hydrogen (secondary N) is 2. The summed E-state index contributed by atoms with van der Waals surface area (Å²) in [5.74, 6) is -2.83. The van der Waals surface area contributed by atoms with Gasteiger partial charge < -0.3 is 31.2 Å². The first-order valence-corrected chi connectivity index (χ1v) is 10.1. The molecular weight excluding hydrogens is 428 g/mol. The van der Waals surface area contributed by atoms with Crippen LogP contribution in [0.25, 0.3) is 0 Å². The summed E-state index contributed by atoms with van der Waals surface area (Å²) < 4.78 is 0. The third-order valence-corrected chi connectivity index (χ3v) is 5.35. The highest BCUT2D eigenvalue weighted by molar-refractivity contribution is 6.33. The van der Waals surface area contributed by atoms with Crippen LogP contribution in [0.5, 0.6) is 0 Å². The number of nitrogens with zero attached hydrogens (tertiary/aromatic N) is 1. The van der Waals surface area contributed by atoms with Crippen LogP contribution in [0.15, 0.2) is 12.1 Å². The number of rotatable bonds is 8. The molecular formula is C20H25ClN4O6. The molecule has 0 saturated carbocycles. The van der Waals surface area contributed by atoms with Crippen LogP contribution in [0.2, 0.25) is 5.02 Å². The lowest BCUT2D eigenvalue weighted by molar-refractivity contribution is -0.141. The van der Waals surface area contributed by atoms with Gasteiger partial charge in [-0.3, -0.25) is 19.2 Å². The first-order valence-electron chi connectivity index (χ1n) is 9.69. The van der Waals surface area contributed by atoms with Gasteiger partial charge in [0.2, 0.25) is 11.8 Å². The van der Waals surface area contributed by atoms with Crippen molar-refractivity contribution in [1.82, 2.24) is 15.5 Å². The molecule has 1 fully saturated rings. The third-order valence-electron chi connectivity index (χ3n) is 5.04. The summed E-state index contributed by atoms with van der Waals surface area (Å²) in [4.78, 5) is 61.0. The third kappa shape index (κ3) is 5.94. The summed E-state index contributed by atoms with van der Waals surface area (Å²) in [6.45, 7) is 3.50. The zero-order valence-electron chi connectivity index (χ0n) is 17.2. The van der Waals surface area contributed by atoms with Crippen molar-refractivity contribution < 1.29 is 29.1 Å². The molecule has 0 aliphatic carbocycles. The molecule has 0 spiro atoms. The summed E-state index contributed by atoms with van der Waals surface area (Å²) in [6.07, 6.45) is 0.716. The van der Waals surface area contributed by atoms with E-state index in [1.54, 1.807) is 13.0 Å². The van der Waals surface area contributed by atoms with E-state index in [4.69, 9.17) is 22.4 Å². The Morgan fingerprint density at radius 2 is 2.00 bits per heavy atom. The van der Waals surface area contributed by atoms with E-state index in [0.717, 1.165) is 0 Å². The van der Waals surface area contributed by atoms with Crippen molar-refractivity contribution >= 4 is 47.3 Å². The minimum Gasteiger partial charge on any atom is -0.481 e. The van der Waals surface area contributed by atoms with Crippen molar-refractivity contribution in [1.29, 1.82) is 0 Å². The van der Waals surface area contributed by atoms with Crippen molar-refractivity contribution in [2.24, 2.45) is 0 Å². The van der Waals surface area contributed by atoms with Crippen molar-refractivity contribution in [3.05, 3.63) is 28.3 Å². The highest BCUT2D eigenvalue weighted by atomic mass is 35.5. The normalized spacial score (nSPS) is 17.5. The molecule has 0 radical (unpaired) electrons. The number of aryl methyl sites for hydroxylation is 1. The number of halogens is 1. The van der Waals surface area contributed by atoms with E-state index >= 15 is 0 Å². The second-order valence-electron chi connectivity index (χ2n) is 7.42. The molecule has 3 atom stereocenters. The Balaban J connectivity index is 2.05. The highest BCUT2D eigenvalue weighted by Gasteiger charge is 2.37. The summed E-state index contributed by atoms with van der Waals surface area (Å²) in [5.41, 5.74) is 7.02. The highest BCUT2D eigenvalue weighted by Crippen LogP contribution is 2.24. The zero-order valence-corrected chi connectivity index (χ0v) is 17.9. The van der Waals surface area contributed by atoms with E-state index in [-0.39, 0.29) is 10.6 Å². The lowest BCUT2D eigenvalue weighted by Gasteiger charge is -2.28. The van der Waals surface area contributed by atoms with E-state index in [2.05, 4.69) is 10.6 Å². The number of likely N-dealkylation sites (tertiary alicyclic amines) is 1. The molecule has 1 aromatic carbocycles. The molecule has 168 valence electrons. The smallest absolute Gasteiger partial charge is 0.305 e. The first-order chi connectivity index (χ1) is 14.5. The molecule has 1 aromatic rings. The molecule has 31 heavy (non-hydrogen) atoms. The lowest BCUT2D eigenvalue weighted by atomic mass is 10.1. The number of hydrogen-bond donors (Lipinski definition) is 4. The Kier molecular flexibility index (Phi) is 7.98. The molecule has 11 heteroatoms. The number of hydrogen-bond acceptors (Lipinski definition) is 6. The number of carbonyl (C=O) groups is 5. The number of nitrogen functional groups attached to an aromatic ring is 1. The SMILES string of the molecule is Cc1cc(C(=O)NC(C)C(=O)N2CCC[C@H]2C(=O)NC(C=O)CC(=O)O)cc(Cl)c1N. The number of nitrogens with two attached hydrogens (primary N) is 1. The van der Waals surface area contributed by atoms with Gasteiger partial charge in [0.05, 0.1) is 23.2 Å². The number of carboxylic acid groups (broad SMARTS) is 1. The Labute approximate surface area is 184 Å². The number of carboxylic acids is 1. The van der Waals surface area contributed by atoms with Gasteiger partial charge in [0.25, 0.3) is 5.91 Å². The van der Waals surface area contributed by atoms with Crippen LogP contribution in [0.3, 0.4) is 0 Å². The van der Waals surface area contributed by atoms with Gasteiger partial charge >= 0.3 is 5.97 Å². The van der Waals surface area contributed by atoms with Crippen molar-refractivity contribution in [3.8, 4) is 0 Å². The molecule has 3 amide bonds. The van der Waals surface area contributed by atoms with Gasteiger partial charge in [0, 0.05) is 12.1 Å². The molecule has 0 aromatic heterocycles. The molecule has 1 saturated heterocycles. The van der Waals surface area contributed by atoms with Gasteiger partial charge in [-0.15, -0.1) is 0 Å². The lowest BCUT2D eigenvalue weighted by Crippen LogP contribution is -2.54. The summed E-state index contributed by atoms with van der Waals surface area (Å²) >= 11 is 6.02. The fraction of sp³-hybridized carbons (Fsp3) is 0.450. The number of benzene rings is 1. The van der Waals surface area contributed by atoms with Crippen molar-refractivity contribution in [3.63, 3.8) is 0 Å². The topological polar surface area (TPSA) is 159 Å². The van der Waals surface area contributed by atoms with Crippen LogP contribution >= 0.6 is 11.6 Å². The van der Waals surface area contributed by atoms with Crippen LogP contribution in [0, 0.1) is 6.92 Å². The Bertz CT molecular complexity index is 883. The van der Waals surface area contributed by atoms with Crippen LogP contribution in [-0.2, 0) is 19.2 Å². The zero-order chi connectivity index (χ0) is 23.3. The summed E-state index contributed by atoms with van der Waals surface area (Å²) in [5, 5.41) is 14.0. The largest absolute Gasteiger partial charge is 0.481 e. The summed E-state index contributed by atoms with van der Waals surface area (Å²) in [7, 11) is 0. The number of aldehydes is 1. The van der Waals surface area contributed by atoms with Crippen molar-refractivity contribution in [2.75, 3.05) is 12.3 Å². The number of carbonyl (C=O) groups excluding carboxylic acids is 4. The van der Waals surface area contributed by atoms with Crippen LogP contribution in [-0.4, -0.2) is 64.7 Å². The van der Waals surface area contributed by atoms with Gasteiger partial charge in [0.15, 0.2) is 0 Å². The standard InChI is InChI=1S/C20H25ClN4O6/c1-10-6-12(7-14(21)17(10)22)18(29)23-11(2)20(31)25-5-3-4-15(25)19(30)24-13(9-26)8-16(27)28/h6-7,9,11,13,15H,3-5,8,22H2,1-2H3,(H,23,29)(H,24,30)(H,27,28)/t11?,13?,15-/m0/s1. The molecule has 1 aliphatic heterocycles. The molecule has 5 N–H and O–H groups in total. The number of anilines is 1. The van der Waals surface area contributed by atoms with Gasteiger partial charge in [-0.25, -0.2) is 0 Å². The van der Waals surface area contributed by atoms with Crippen LogP contribution in [0.4, 0.5) is 5.69 Å². The molecule has 1 heterocycles. The second kappa shape index (κ2) is 10.3. The fourth-order valence-electron chi connectivity index (χ4n) is 3.38. The molecule has 2 rings (SSSR count). The summed E-state index contributed by atoms with van der Waals surface area (Å²) in [6, 6.07) is -0.000207. The molecule has 0 bridgehead atoms. The quantitative estimate of drug-likeness (QED) is 0.330. The van der Waals surface area contributed by atoms with E-state index < -0.39 is 48.2 Å². The molecule has 2 unspecified atom stereocenters. The Hall–Kier alpha value is -3.14. The first kappa shape index (κ1) is 24.1. The van der Waals surface area contributed by atoms with Gasteiger partial charge in [0.1, 0.15) is 18.4 Å². The van der Waals surface area contributed by atoms with Crippen LogP contribution < -0.4 is 16.4 Å². The van der Waals surface area contributed by atoms with Gasteiger partial charge in [-0.05, 0) is 44.4 Å². The van der Waals surface area contributed by atoms with Gasteiger partial charge in [-0.1, -0.05) is 11.6 Å². The van der Waals surface area contributed by atoms with Crippen LogP contribution in [0.1, 0.15) is 42.1 Å². The second-order valence-corrected chi connectivity index (χ2v) is 7.83. The van der Waals surface area contributed by atoms with E-state index in [9.17, 15) is 24.0 Å². The minimum atomic E-state index is -1.23. The van der Waals surface area contributed by atoms with Gasteiger partial charge in [-0.2, -0.15) is 0 Å². The maximum absolute atomic E-state index is 12.9. The van der Waals surface area contributed by atoms with E-state index in [1.165, 1.54) is 17.9 Å². The maximum atomic E-state index is 12.9. The molecule has 1 aliphatic rings. The minimum absolute atomic E-state index is 0.228. The monoisotopic (exact) mass is 452 g/mol. The van der Waals surface area contributed by atoms with Crippen molar-refractivity contribution in [2.45, 2.75) is 51.2 Å². The Morgan fingerprint density at radius 3 is 2.58 bits per heavy atom. The number of amides is 3. The predicted molar refractivity (Wildman–Crippen MR) is 113 cm³/mol. The fourth-order valence-corrected chi connectivity index (χ4v) is 3.65.